The Kier molecular flexibility index (Phi) is 4.99. The number of nitrogens with zero attached hydrogens (tertiary/aromatic N) is 1. The highest BCUT2D eigenvalue weighted by Crippen LogP contribution is 2.23. The summed E-state index contributed by atoms with van der Waals surface area (Å²) in [6.45, 7) is 1.73. The topological polar surface area (TPSA) is 84.1 Å². The minimum absolute atomic E-state index is 0.143. The molecule has 0 unspecified atom stereocenters. The van der Waals surface area contributed by atoms with E-state index in [1.807, 2.05) is 12.1 Å². The summed E-state index contributed by atoms with van der Waals surface area (Å²) in [6.07, 6.45) is 0. The van der Waals surface area contributed by atoms with Crippen LogP contribution in [0.1, 0.15) is 5.69 Å². The average molecular weight is 305 g/mol. The molecule has 21 heavy (non-hydrogen) atoms. The minimum Gasteiger partial charge on any atom is -0.495 e. The summed E-state index contributed by atoms with van der Waals surface area (Å²) >= 11 is 1.17. The van der Waals surface area contributed by atoms with E-state index in [0.717, 1.165) is 0 Å². The van der Waals surface area contributed by atoms with Crippen LogP contribution in [0.5, 0.6) is 5.75 Å². The molecule has 6 nitrogen and oxygen atoms in total. The molecule has 1 aromatic heterocycles. The molecular formula is C14H15N3O3S. The Morgan fingerprint density at radius 2 is 2.19 bits per heavy atom. The number of ether oxygens (including phenoxy) is 1. The number of aromatic amines is 1. The first-order valence-electron chi connectivity index (χ1n) is 6.22. The van der Waals surface area contributed by atoms with Crippen LogP contribution >= 0.6 is 11.8 Å². The average Bonchev–Trinajstić information content (AvgIpc) is 2.45. The fraction of sp³-hybridized carbons (Fsp3) is 0.214. The van der Waals surface area contributed by atoms with Crippen molar-refractivity contribution in [3.63, 3.8) is 0 Å². The largest absolute Gasteiger partial charge is 0.495 e. The van der Waals surface area contributed by atoms with Crippen molar-refractivity contribution < 1.29 is 9.53 Å². The second kappa shape index (κ2) is 6.94. The second-order valence-electron chi connectivity index (χ2n) is 4.23. The van der Waals surface area contributed by atoms with Crippen LogP contribution in [0, 0.1) is 6.92 Å². The number of anilines is 1. The number of hydrogen-bond acceptors (Lipinski definition) is 5. The van der Waals surface area contributed by atoms with Crippen molar-refractivity contribution in [2.75, 3.05) is 18.2 Å². The van der Waals surface area contributed by atoms with Crippen LogP contribution in [0.4, 0.5) is 5.69 Å². The van der Waals surface area contributed by atoms with E-state index < -0.39 is 0 Å². The van der Waals surface area contributed by atoms with Gasteiger partial charge in [0.05, 0.1) is 18.6 Å². The van der Waals surface area contributed by atoms with Crippen molar-refractivity contribution in [3.8, 4) is 5.75 Å². The molecular weight excluding hydrogens is 290 g/mol. The molecule has 1 heterocycles. The zero-order valence-corrected chi connectivity index (χ0v) is 12.5. The quantitative estimate of drug-likeness (QED) is 0.650. The Morgan fingerprint density at radius 1 is 1.43 bits per heavy atom. The fourth-order valence-electron chi connectivity index (χ4n) is 1.69. The standard InChI is InChI=1S/C14H15N3O3S/c1-9-7-12(18)17-14(15-9)21-8-13(19)16-10-5-3-4-6-11(10)20-2/h3-7H,8H2,1-2H3,(H,16,19)(H,15,17,18). The number of carbonyl (C=O) groups is 1. The van der Waals surface area contributed by atoms with Gasteiger partial charge in [-0.3, -0.25) is 9.59 Å². The van der Waals surface area contributed by atoms with Crippen LogP contribution in [0.3, 0.4) is 0 Å². The van der Waals surface area contributed by atoms with Crippen LogP contribution < -0.4 is 15.6 Å². The molecule has 0 bridgehead atoms. The van der Waals surface area contributed by atoms with E-state index >= 15 is 0 Å². The maximum atomic E-state index is 11.9. The van der Waals surface area contributed by atoms with Gasteiger partial charge in [0.1, 0.15) is 5.75 Å². The Balaban J connectivity index is 1.97. The number of thioether (sulfide) groups is 1. The Hall–Kier alpha value is -2.28. The Bertz CT molecular complexity index is 700. The number of carbonyl (C=O) groups excluding carboxylic acids is 1. The normalized spacial score (nSPS) is 10.2. The van der Waals surface area contributed by atoms with Gasteiger partial charge in [-0.25, -0.2) is 4.98 Å². The van der Waals surface area contributed by atoms with Gasteiger partial charge in [-0.2, -0.15) is 0 Å². The molecule has 0 saturated heterocycles. The summed E-state index contributed by atoms with van der Waals surface area (Å²) in [7, 11) is 1.54. The lowest BCUT2D eigenvalue weighted by atomic mass is 10.3. The molecule has 0 spiro atoms. The predicted molar refractivity (Wildman–Crippen MR) is 81.9 cm³/mol. The van der Waals surface area contributed by atoms with Gasteiger partial charge in [0, 0.05) is 11.8 Å². The van der Waals surface area contributed by atoms with Crippen molar-refractivity contribution in [1.82, 2.24) is 9.97 Å². The van der Waals surface area contributed by atoms with Crippen LogP contribution in [0.15, 0.2) is 40.3 Å². The number of aryl methyl sites for hydroxylation is 1. The van der Waals surface area contributed by atoms with E-state index in [9.17, 15) is 9.59 Å². The van der Waals surface area contributed by atoms with Gasteiger partial charge in [0.2, 0.25) is 5.91 Å². The predicted octanol–water partition coefficient (Wildman–Crippen LogP) is 1.82. The van der Waals surface area contributed by atoms with Crippen LogP contribution in [0.2, 0.25) is 0 Å². The third kappa shape index (κ3) is 4.35. The summed E-state index contributed by atoms with van der Waals surface area (Å²) < 4.78 is 5.16. The van der Waals surface area contributed by atoms with Gasteiger partial charge in [0.25, 0.3) is 5.56 Å². The number of aromatic nitrogens is 2. The van der Waals surface area contributed by atoms with Crippen molar-refractivity contribution in [2.24, 2.45) is 0 Å². The highest BCUT2D eigenvalue weighted by atomic mass is 32.2. The summed E-state index contributed by atoms with van der Waals surface area (Å²) in [6, 6.07) is 8.56. The lowest BCUT2D eigenvalue weighted by molar-refractivity contribution is -0.113. The number of amides is 1. The molecule has 0 saturated carbocycles. The molecule has 2 rings (SSSR count). The highest BCUT2D eigenvalue weighted by molar-refractivity contribution is 7.99. The SMILES string of the molecule is COc1ccccc1NC(=O)CSc1nc(C)cc(=O)[nH]1. The molecule has 0 fully saturated rings. The first kappa shape index (κ1) is 15.1. The maximum absolute atomic E-state index is 11.9. The van der Waals surface area contributed by atoms with E-state index in [1.165, 1.54) is 17.8 Å². The number of nitrogens with one attached hydrogen (secondary N) is 2. The van der Waals surface area contributed by atoms with Crippen LogP contribution in [-0.4, -0.2) is 28.7 Å². The van der Waals surface area contributed by atoms with Gasteiger partial charge in [0.15, 0.2) is 5.16 Å². The second-order valence-corrected chi connectivity index (χ2v) is 5.19. The number of hydrogen-bond donors (Lipinski definition) is 2. The van der Waals surface area contributed by atoms with Gasteiger partial charge < -0.3 is 15.0 Å². The molecule has 110 valence electrons. The number of H-pyrrole nitrogens is 1. The fourth-order valence-corrected chi connectivity index (χ4v) is 2.41. The summed E-state index contributed by atoms with van der Waals surface area (Å²) in [5.41, 5.74) is 0.998. The molecule has 2 N–H and O–H groups in total. The maximum Gasteiger partial charge on any atom is 0.251 e. The van der Waals surface area contributed by atoms with Crippen LogP contribution in [-0.2, 0) is 4.79 Å². The first-order valence-corrected chi connectivity index (χ1v) is 7.20. The van der Waals surface area contributed by atoms with Crippen LogP contribution in [0.25, 0.3) is 0 Å². The van der Waals surface area contributed by atoms with E-state index in [0.29, 0.717) is 22.3 Å². The number of rotatable bonds is 5. The number of benzene rings is 1. The van der Waals surface area contributed by atoms with E-state index in [4.69, 9.17) is 4.74 Å². The molecule has 1 amide bonds. The lowest BCUT2D eigenvalue weighted by Crippen LogP contribution is -2.16. The molecule has 7 heteroatoms. The monoisotopic (exact) mass is 305 g/mol. The Labute approximate surface area is 125 Å². The summed E-state index contributed by atoms with van der Waals surface area (Å²) in [5.74, 6) is 0.538. The van der Waals surface area contributed by atoms with E-state index in [2.05, 4.69) is 15.3 Å². The summed E-state index contributed by atoms with van der Waals surface area (Å²) in [5, 5.41) is 3.18. The number of methoxy groups -OCH3 is 1. The molecule has 0 aliphatic rings. The molecule has 0 aliphatic heterocycles. The van der Waals surface area contributed by atoms with Gasteiger partial charge in [-0.15, -0.1) is 0 Å². The smallest absolute Gasteiger partial charge is 0.251 e. The van der Waals surface area contributed by atoms with Crippen molar-refractivity contribution in [3.05, 3.63) is 46.4 Å². The third-order valence-corrected chi connectivity index (χ3v) is 3.44. The van der Waals surface area contributed by atoms with E-state index in [1.54, 1.807) is 26.2 Å². The molecule has 0 radical (unpaired) electrons. The van der Waals surface area contributed by atoms with Gasteiger partial charge in [-0.05, 0) is 19.1 Å². The molecule has 2 aromatic rings. The zero-order valence-electron chi connectivity index (χ0n) is 11.7. The highest BCUT2D eigenvalue weighted by Gasteiger charge is 2.08. The van der Waals surface area contributed by atoms with Gasteiger partial charge in [-0.1, -0.05) is 23.9 Å². The van der Waals surface area contributed by atoms with E-state index in [-0.39, 0.29) is 17.2 Å². The van der Waals surface area contributed by atoms with Gasteiger partial charge >= 0.3 is 0 Å². The van der Waals surface area contributed by atoms with Crippen molar-refractivity contribution >= 4 is 23.4 Å². The van der Waals surface area contributed by atoms with Crippen molar-refractivity contribution in [1.29, 1.82) is 0 Å². The number of para-hydroxylation sites is 2. The first-order chi connectivity index (χ1) is 10.1. The zero-order chi connectivity index (χ0) is 15.2. The van der Waals surface area contributed by atoms with Crippen molar-refractivity contribution in [2.45, 2.75) is 12.1 Å². The lowest BCUT2D eigenvalue weighted by Gasteiger charge is -2.09. The Morgan fingerprint density at radius 3 is 2.90 bits per heavy atom. The molecule has 0 atom stereocenters. The summed E-state index contributed by atoms with van der Waals surface area (Å²) in [4.78, 5) is 30.0. The minimum atomic E-state index is -0.227. The molecule has 1 aromatic carbocycles. The third-order valence-electron chi connectivity index (χ3n) is 2.57. The molecule has 0 aliphatic carbocycles.